The van der Waals surface area contributed by atoms with Crippen LogP contribution in [0.1, 0.15) is 52.5 Å². The Kier molecular flexibility index (Phi) is 4.32. The standard InChI is InChI=1S/C18H25NO3/c1-12(2)15(20)18(19-16(21)22-17(3,4)5)11-14(18)13-9-7-6-8-10-13/h6-10,12,14H,11H2,1-5H3,(H,19,21)/t14-,18+/m1/s1. The minimum atomic E-state index is -0.822. The van der Waals surface area contributed by atoms with Gasteiger partial charge in [0.15, 0.2) is 5.78 Å². The molecule has 1 aromatic carbocycles. The summed E-state index contributed by atoms with van der Waals surface area (Å²) in [6.07, 6.45) is 0.104. The molecule has 0 heterocycles. The van der Waals surface area contributed by atoms with E-state index >= 15 is 0 Å². The highest BCUT2D eigenvalue weighted by molar-refractivity contribution is 5.97. The van der Waals surface area contributed by atoms with E-state index in [1.54, 1.807) is 0 Å². The first kappa shape index (κ1) is 16.5. The lowest BCUT2D eigenvalue weighted by atomic mass is 9.95. The second-order valence-electron chi connectivity index (χ2n) is 7.28. The minimum Gasteiger partial charge on any atom is -0.444 e. The summed E-state index contributed by atoms with van der Waals surface area (Å²) in [4.78, 5) is 24.8. The van der Waals surface area contributed by atoms with E-state index in [2.05, 4.69) is 5.32 Å². The zero-order valence-corrected chi connectivity index (χ0v) is 14.0. The molecule has 120 valence electrons. The minimum absolute atomic E-state index is 0.0242. The quantitative estimate of drug-likeness (QED) is 0.923. The molecule has 1 N–H and O–H groups in total. The summed E-state index contributed by atoms with van der Waals surface area (Å²) in [5.74, 6) is -0.0491. The lowest BCUT2D eigenvalue weighted by molar-refractivity contribution is -0.125. The first-order valence-corrected chi connectivity index (χ1v) is 7.76. The number of carbonyl (C=O) groups excluding carboxylic acids is 2. The smallest absolute Gasteiger partial charge is 0.408 e. The molecule has 0 unspecified atom stereocenters. The van der Waals surface area contributed by atoms with Gasteiger partial charge in [-0.15, -0.1) is 0 Å². The Morgan fingerprint density at radius 2 is 1.82 bits per heavy atom. The van der Waals surface area contributed by atoms with E-state index in [1.165, 1.54) is 0 Å². The van der Waals surface area contributed by atoms with Crippen LogP contribution in [0.2, 0.25) is 0 Å². The molecule has 0 aromatic heterocycles. The van der Waals surface area contributed by atoms with Crippen molar-refractivity contribution in [2.75, 3.05) is 0 Å². The summed E-state index contributed by atoms with van der Waals surface area (Å²) >= 11 is 0. The van der Waals surface area contributed by atoms with Crippen LogP contribution in [0.15, 0.2) is 30.3 Å². The molecular formula is C18H25NO3. The number of amides is 1. The predicted octanol–water partition coefficient (Wildman–Crippen LogP) is 3.66. The molecule has 1 aliphatic carbocycles. The number of ether oxygens (including phenoxy) is 1. The van der Waals surface area contributed by atoms with Crippen molar-refractivity contribution in [1.82, 2.24) is 5.32 Å². The van der Waals surface area contributed by atoms with E-state index in [0.717, 1.165) is 5.56 Å². The molecule has 2 rings (SSSR count). The largest absolute Gasteiger partial charge is 0.444 e. The summed E-state index contributed by atoms with van der Waals surface area (Å²) in [5, 5.41) is 2.84. The van der Waals surface area contributed by atoms with Gasteiger partial charge in [-0.05, 0) is 32.8 Å². The number of hydrogen-bond donors (Lipinski definition) is 1. The van der Waals surface area contributed by atoms with Crippen molar-refractivity contribution in [3.8, 4) is 0 Å². The second-order valence-corrected chi connectivity index (χ2v) is 7.28. The number of carbonyl (C=O) groups is 2. The van der Waals surface area contributed by atoms with Gasteiger partial charge < -0.3 is 10.1 Å². The molecule has 0 spiro atoms. The fourth-order valence-corrected chi connectivity index (χ4v) is 2.82. The number of alkyl carbamates (subject to hydrolysis) is 1. The molecule has 2 atom stereocenters. The Bertz CT molecular complexity index is 559. The van der Waals surface area contributed by atoms with Crippen molar-refractivity contribution in [1.29, 1.82) is 0 Å². The van der Waals surface area contributed by atoms with Gasteiger partial charge in [-0.25, -0.2) is 4.79 Å². The van der Waals surface area contributed by atoms with Crippen LogP contribution in [0.3, 0.4) is 0 Å². The Balaban J connectivity index is 2.20. The van der Waals surface area contributed by atoms with Crippen LogP contribution in [0.5, 0.6) is 0 Å². The fraction of sp³-hybridized carbons (Fsp3) is 0.556. The molecule has 0 aliphatic heterocycles. The summed E-state index contributed by atoms with van der Waals surface area (Å²) in [6, 6.07) is 9.84. The van der Waals surface area contributed by atoms with E-state index in [1.807, 2.05) is 65.0 Å². The number of Topliss-reactive ketones (excluding diaryl/α,β-unsaturated/α-hetero) is 1. The highest BCUT2D eigenvalue weighted by Crippen LogP contribution is 2.53. The molecule has 22 heavy (non-hydrogen) atoms. The zero-order chi connectivity index (χ0) is 16.5. The molecule has 1 amide bonds. The van der Waals surface area contributed by atoms with Crippen molar-refractivity contribution in [2.45, 2.75) is 58.1 Å². The molecule has 1 aromatic rings. The van der Waals surface area contributed by atoms with E-state index in [-0.39, 0.29) is 17.6 Å². The number of rotatable bonds is 4. The Hall–Kier alpha value is -1.84. The normalized spacial score (nSPS) is 24.0. The van der Waals surface area contributed by atoms with Crippen LogP contribution in [0, 0.1) is 5.92 Å². The van der Waals surface area contributed by atoms with Crippen molar-refractivity contribution >= 4 is 11.9 Å². The van der Waals surface area contributed by atoms with Crippen molar-refractivity contribution in [3.05, 3.63) is 35.9 Å². The van der Waals surface area contributed by atoms with Crippen molar-refractivity contribution in [3.63, 3.8) is 0 Å². The molecule has 4 nitrogen and oxygen atoms in total. The van der Waals surface area contributed by atoms with Crippen LogP contribution in [-0.4, -0.2) is 23.0 Å². The summed E-state index contributed by atoms with van der Waals surface area (Å²) in [6.45, 7) is 9.16. The molecule has 1 saturated carbocycles. The van der Waals surface area contributed by atoms with Crippen LogP contribution in [-0.2, 0) is 9.53 Å². The Morgan fingerprint density at radius 3 is 2.32 bits per heavy atom. The molecule has 1 aliphatic rings. The van der Waals surface area contributed by atoms with E-state index < -0.39 is 17.2 Å². The SMILES string of the molecule is CC(C)C(=O)[C@]1(NC(=O)OC(C)(C)C)C[C@@H]1c1ccccc1. The first-order valence-electron chi connectivity index (χ1n) is 7.76. The fourth-order valence-electron chi connectivity index (χ4n) is 2.82. The predicted molar refractivity (Wildman–Crippen MR) is 85.7 cm³/mol. The topological polar surface area (TPSA) is 55.4 Å². The van der Waals surface area contributed by atoms with E-state index in [9.17, 15) is 9.59 Å². The Labute approximate surface area is 132 Å². The highest BCUT2D eigenvalue weighted by atomic mass is 16.6. The lowest BCUT2D eigenvalue weighted by Gasteiger charge is -2.24. The van der Waals surface area contributed by atoms with Gasteiger partial charge in [0.05, 0.1) is 0 Å². The molecule has 0 bridgehead atoms. The molecule has 1 fully saturated rings. The van der Waals surface area contributed by atoms with Gasteiger partial charge in [0, 0.05) is 11.8 Å². The second kappa shape index (κ2) is 5.75. The van der Waals surface area contributed by atoms with Crippen LogP contribution >= 0.6 is 0 Å². The summed E-state index contributed by atoms with van der Waals surface area (Å²) in [7, 11) is 0. The third-order valence-corrected chi connectivity index (χ3v) is 3.85. The van der Waals surface area contributed by atoms with Crippen molar-refractivity contribution < 1.29 is 14.3 Å². The van der Waals surface area contributed by atoms with Gasteiger partial charge in [0.25, 0.3) is 0 Å². The molecule has 0 radical (unpaired) electrons. The number of nitrogens with one attached hydrogen (secondary N) is 1. The third-order valence-electron chi connectivity index (χ3n) is 3.85. The monoisotopic (exact) mass is 303 g/mol. The molecular weight excluding hydrogens is 278 g/mol. The highest BCUT2D eigenvalue weighted by Gasteiger charge is 2.62. The number of benzene rings is 1. The number of ketones is 1. The van der Waals surface area contributed by atoms with Crippen LogP contribution < -0.4 is 5.32 Å². The lowest BCUT2D eigenvalue weighted by Crippen LogP contribution is -2.48. The van der Waals surface area contributed by atoms with Crippen LogP contribution in [0.4, 0.5) is 4.79 Å². The summed E-state index contributed by atoms with van der Waals surface area (Å²) < 4.78 is 5.33. The van der Waals surface area contributed by atoms with Gasteiger partial charge in [-0.1, -0.05) is 44.2 Å². The van der Waals surface area contributed by atoms with Gasteiger partial charge >= 0.3 is 6.09 Å². The van der Waals surface area contributed by atoms with E-state index in [4.69, 9.17) is 4.74 Å². The van der Waals surface area contributed by atoms with Gasteiger partial charge in [-0.3, -0.25) is 4.79 Å². The maximum Gasteiger partial charge on any atom is 0.408 e. The first-order chi connectivity index (χ1) is 10.2. The third kappa shape index (κ3) is 3.49. The Morgan fingerprint density at radius 1 is 1.23 bits per heavy atom. The summed E-state index contributed by atoms with van der Waals surface area (Å²) in [5.41, 5.74) is -0.325. The number of hydrogen-bond acceptors (Lipinski definition) is 3. The van der Waals surface area contributed by atoms with Gasteiger partial charge in [0.2, 0.25) is 0 Å². The van der Waals surface area contributed by atoms with Gasteiger partial charge in [0.1, 0.15) is 11.1 Å². The molecule has 4 heteroatoms. The molecule has 0 saturated heterocycles. The average Bonchev–Trinajstić information content (AvgIpc) is 3.11. The van der Waals surface area contributed by atoms with Crippen molar-refractivity contribution in [2.24, 2.45) is 5.92 Å². The van der Waals surface area contributed by atoms with Crippen LogP contribution in [0.25, 0.3) is 0 Å². The van der Waals surface area contributed by atoms with E-state index in [0.29, 0.717) is 6.42 Å². The maximum atomic E-state index is 12.6. The average molecular weight is 303 g/mol. The van der Waals surface area contributed by atoms with Gasteiger partial charge in [-0.2, -0.15) is 0 Å². The maximum absolute atomic E-state index is 12.6. The zero-order valence-electron chi connectivity index (χ0n) is 14.0.